The summed E-state index contributed by atoms with van der Waals surface area (Å²) in [5.74, 6) is -0.681. The minimum Gasteiger partial charge on any atom is -0.391 e. The highest BCUT2D eigenvalue weighted by Crippen LogP contribution is 2.27. The van der Waals surface area contributed by atoms with Crippen molar-refractivity contribution >= 4 is 29.4 Å². The number of rotatable bonds is 4. The molecule has 1 amide bonds. The van der Waals surface area contributed by atoms with Crippen molar-refractivity contribution in [2.45, 2.75) is 13.0 Å². The highest BCUT2D eigenvalue weighted by molar-refractivity contribution is 6.07. The van der Waals surface area contributed by atoms with Crippen LogP contribution in [0.3, 0.4) is 0 Å². The number of benzene rings is 1. The van der Waals surface area contributed by atoms with Crippen LogP contribution in [0.25, 0.3) is 22.4 Å². The molecular weight excluding hydrogens is 387 g/mol. The second-order valence-corrected chi connectivity index (χ2v) is 6.71. The van der Waals surface area contributed by atoms with Crippen molar-refractivity contribution in [1.29, 1.82) is 0 Å². The first kappa shape index (κ1) is 20.2. The first-order chi connectivity index (χ1) is 13.0. The van der Waals surface area contributed by atoms with Crippen LogP contribution in [0.4, 0.5) is 4.39 Å². The van der Waals surface area contributed by atoms with Gasteiger partial charge < -0.3 is 20.3 Å². The summed E-state index contributed by atoms with van der Waals surface area (Å²) in [7, 11) is 0. The molecular formula is C19H20ClFN4O3. The summed E-state index contributed by atoms with van der Waals surface area (Å²) in [6.07, 6.45) is -0.477. The fraction of sp³-hybridized carbons (Fsp3) is 0.316. The van der Waals surface area contributed by atoms with E-state index < -0.39 is 6.10 Å². The summed E-state index contributed by atoms with van der Waals surface area (Å²) in [6, 6.07) is 7.50. The first-order valence-electron chi connectivity index (χ1n) is 8.73. The van der Waals surface area contributed by atoms with E-state index in [0.717, 1.165) is 0 Å². The Balaban J connectivity index is 0.00000225. The monoisotopic (exact) mass is 406 g/mol. The number of nitrogens with one attached hydrogen (secondary N) is 2. The lowest BCUT2D eigenvalue weighted by Crippen LogP contribution is -2.34. The topological polar surface area (TPSA) is 100 Å². The maximum absolute atomic E-state index is 13.2. The van der Waals surface area contributed by atoms with E-state index in [-0.39, 0.29) is 35.8 Å². The van der Waals surface area contributed by atoms with Crippen LogP contribution in [0.1, 0.15) is 16.1 Å². The van der Waals surface area contributed by atoms with Crippen molar-refractivity contribution < 1.29 is 18.8 Å². The van der Waals surface area contributed by atoms with Gasteiger partial charge in [0.15, 0.2) is 0 Å². The second-order valence-electron chi connectivity index (χ2n) is 6.71. The molecule has 0 spiro atoms. The van der Waals surface area contributed by atoms with Gasteiger partial charge in [0.2, 0.25) is 0 Å². The Kier molecular flexibility index (Phi) is 5.93. The molecule has 2 unspecified atom stereocenters. The minimum atomic E-state index is -0.477. The molecule has 1 fully saturated rings. The summed E-state index contributed by atoms with van der Waals surface area (Å²) in [5.41, 5.74) is 2.36. The SMILES string of the molecule is Cc1noc2nc(-c3ccc(F)cc3)cc(C(=O)NCC3CNCC3O)c12.Cl. The van der Waals surface area contributed by atoms with E-state index in [1.165, 1.54) is 12.1 Å². The van der Waals surface area contributed by atoms with E-state index in [1.54, 1.807) is 25.1 Å². The number of carbonyl (C=O) groups is 1. The lowest BCUT2D eigenvalue weighted by molar-refractivity contribution is 0.0928. The molecule has 1 aromatic carbocycles. The molecule has 4 rings (SSSR count). The van der Waals surface area contributed by atoms with Gasteiger partial charge in [0.1, 0.15) is 5.82 Å². The van der Waals surface area contributed by atoms with E-state index in [0.29, 0.717) is 47.5 Å². The van der Waals surface area contributed by atoms with Crippen molar-refractivity contribution in [1.82, 2.24) is 20.8 Å². The molecule has 3 heterocycles. The van der Waals surface area contributed by atoms with E-state index in [1.807, 2.05) is 0 Å². The minimum absolute atomic E-state index is 0. The standard InChI is InChI=1S/C19H19FN4O3.ClH/c1-10-17-14(18(26)22-8-12-7-21-9-16(12)25)6-15(23-19(17)27-24-10)11-2-4-13(20)5-3-11;/h2-6,12,16,21,25H,7-9H2,1H3,(H,22,26);1H. The summed E-state index contributed by atoms with van der Waals surface area (Å²) < 4.78 is 18.5. The number of aryl methyl sites for hydroxylation is 1. The predicted molar refractivity (Wildman–Crippen MR) is 104 cm³/mol. The number of fused-ring (bicyclic) bond motifs is 1. The molecule has 1 aliphatic rings. The van der Waals surface area contributed by atoms with Crippen LogP contribution in [0.5, 0.6) is 0 Å². The van der Waals surface area contributed by atoms with Crippen molar-refractivity contribution in [3.63, 3.8) is 0 Å². The van der Waals surface area contributed by atoms with E-state index >= 15 is 0 Å². The zero-order valence-electron chi connectivity index (χ0n) is 15.1. The van der Waals surface area contributed by atoms with Gasteiger partial charge in [0.05, 0.1) is 28.4 Å². The molecule has 1 aliphatic heterocycles. The van der Waals surface area contributed by atoms with Crippen LogP contribution in [0, 0.1) is 18.7 Å². The lowest BCUT2D eigenvalue weighted by atomic mass is 10.0. The van der Waals surface area contributed by atoms with Crippen LogP contribution in [-0.4, -0.2) is 46.9 Å². The van der Waals surface area contributed by atoms with Crippen LogP contribution in [-0.2, 0) is 0 Å². The van der Waals surface area contributed by atoms with Crippen LogP contribution >= 0.6 is 12.4 Å². The zero-order valence-corrected chi connectivity index (χ0v) is 15.9. The molecule has 1 saturated heterocycles. The first-order valence-corrected chi connectivity index (χ1v) is 8.73. The number of pyridine rings is 1. The Labute approximate surface area is 166 Å². The quantitative estimate of drug-likeness (QED) is 0.613. The number of aliphatic hydroxyl groups is 1. The third-order valence-electron chi connectivity index (χ3n) is 4.83. The lowest BCUT2D eigenvalue weighted by Gasteiger charge is -2.14. The molecule has 3 N–H and O–H groups in total. The fourth-order valence-electron chi connectivity index (χ4n) is 3.29. The van der Waals surface area contributed by atoms with E-state index in [9.17, 15) is 14.3 Å². The number of nitrogens with zero attached hydrogens (tertiary/aromatic N) is 2. The summed E-state index contributed by atoms with van der Waals surface area (Å²) in [6.45, 7) is 3.28. The smallest absolute Gasteiger partial charge is 0.259 e. The summed E-state index contributed by atoms with van der Waals surface area (Å²) in [4.78, 5) is 17.2. The van der Waals surface area contributed by atoms with Crippen molar-refractivity contribution in [2.75, 3.05) is 19.6 Å². The number of halogens is 2. The van der Waals surface area contributed by atoms with Gasteiger partial charge in [-0.15, -0.1) is 12.4 Å². The maximum atomic E-state index is 13.2. The van der Waals surface area contributed by atoms with E-state index in [4.69, 9.17) is 4.52 Å². The fourth-order valence-corrected chi connectivity index (χ4v) is 3.29. The normalized spacial score (nSPS) is 18.8. The number of hydrogen-bond acceptors (Lipinski definition) is 6. The number of aromatic nitrogens is 2. The van der Waals surface area contributed by atoms with Gasteiger partial charge in [0, 0.05) is 31.1 Å². The van der Waals surface area contributed by atoms with Gasteiger partial charge in [0.25, 0.3) is 11.6 Å². The van der Waals surface area contributed by atoms with Crippen LogP contribution in [0.15, 0.2) is 34.9 Å². The molecule has 0 radical (unpaired) electrons. The Morgan fingerprint density at radius 2 is 2.11 bits per heavy atom. The Morgan fingerprint density at radius 3 is 2.79 bits per heavy atom. The van der Waals surface area contributed by atoms with E-state index in [2.05, 4.69) is 20.8 Å². The third kappa shape index (κ3) is 3.84. The van der Waals surface area contributed by atoms with Gasteiger partial charge in [-0.2, -0.15) is 0 Å². The average molecular weight is 407 g/mol. The molecule has 28 heavy (non-hydrogen) atoms. The molecule has 0 saturated carbocycles. The number of aliphatic hydroxyl groups excluding tert-OH is 1. The Morgan fingerprint density at radius 1 is 1.36 bits per heavy atom. The van der Waals surface area contributed by atoms with Crippen molar-refractivity contribution in [3.8, 4) is 11.3 Å². The second kappa shape index (κ2) is 8.22. The molecule has 0 bridgehead atoms. The number of carbonyl (C=O) groups excluding carboxylic acids is 1. The number of β-amino-alcohol motifs (C(OH)–C–C–N with tert-alkyl or cyclic N) is 1. The molecule has 2 atom stereocenters. The molecule has 7 nitrogen and oxygen atoms in total. The highest BCUT2D eigenvalue weighted by Gasteiger charge is 2.26. The van der Waals surface area contributed by atoms with Gasteiger partial charge in [-0.05, 0) is 37.3 Å². The largest absolute Gasteiger partial charge is 0.391 e. The third-order valence-corrected chi connectivity index (χ3v) is 4.83. The highest BCUT2D eigenvalue weighted by atomic mass is 35.5. The number of hydrogen-bond donors (Lipinski definition) is 3. The summed E-state index contributed by atoms with van der Waals surface area (Å²) >= 11 is 0. The van der Waals surface area contributed by atoms with Crippen LogP contribution < -0.4 is 10.6 Å². The van der Waals surface area contributed by atoms with Gasteiger partial charge in [-0.3, -0.25) is 4.79 Å². The molecule has 2 aromatic heterocycles. The van der Waals surface area contributed by atoms with Crippen molar-refractivity contribution in [2.24, 2.45) is 5.92 Å². The van der Waals surface area contributed by atoms with Crippen LogP contribution in [0.2, 0.25) is 0 Å². The van der Waals surface area contributed by atoms with Gasteiger partial charge >= 0.3 is 0 Å². The summed E-state index contributed by atoms with van der Waals surface area (Å²) in [5, 5.41) is 20.3. The molecule has 148 valence electrons. The molecule has 3 aromatic rings. The van der Waals surface area contributed by atoms with Crippen molar-refractivity contribution in [3.05, 3.63) is 47.4 Å². The van der Waals surface area contributed by atoms with Gasteiger partial charge in [-0.25, -0.2) is 9.37 Å². The Hall–Kier alpha value is -2.55. The molecule has 0 aliphatic carbocycles. The average Bonchev–Trinajstić information content (AvgIpc) is 3.25. The molecule has 9 heteroatoms. The Bertz CT molecular complexity index is 993. The van der Waals surface area contributed by atoms with Gasteiger partial charge in [-0.1, -0.05) is 5.16 Å². The predicted octanol–water partition coefficient (Wildman–Crippen LogP) is 2.07. The zero-order chi connectivity index (χ0) is 19.0. The maximum Gasteiger partial charge on any atom is 0.259 e. The number of amides is 1.